The van der Waals surface area contributed by atoms with Crippen molar-refractivity contribution in [2.75, 3.05) is 18.9 Å². The molecule has 110 valence electrons. The Bertz CT molecular complexity index is 630. The molecule has 0 saturated heterocycles. The van der Waals surface area contributed by atoms with Gasteiger partial charge in [-0.1, -0.05) is 29.8 Å². The maximum absolute atomic E-state index is 12.6. The van der Waals surface area contributed by atoms with E-state index in [4.69, 9.17) is 11.6 Å². The number of pyridine rings is 1. The Morgan fingerprint density at radius 1 is 1.33 bits per heavy atom. The highest BCUT2D eigenvalue weighted by Crippen LogP contribution is 2.19. The van der Waals surface area contributed by atoms with Crippen LogP contribution in [0.1, 0.15) is 22.8 Å². The van der Waals surface area contributed by atoms with Crippen LogP contribution in [0, 0.1) is 0 Å². The third-order valence-electron chi connectivity index (χ3n) is 3.13. The molecule has 4 nitrogen and oxygen atoms in total. The van der Waals surface area contributed by atoms with Crippen LogP contribution >= 0.6 is 11.6 Å². The van der Waals surface area contributed by atoms with Crippen LogP contribution in [0.5, 0.6) is 0 Å². The van der Waals surface area contributed by atoms with Crippen molar-refractivity contribution in [1.82, 2.24) is 9.88 Å². The van der Waals surface area contributed by atoms with Crippen LogP contribution in [0.4, 0.5) is 5.69 Å². The lowest BCUT2D eigenvalue weighted by Crippen LogP contribution is -2.27. The summed E-state index contributed by atoms with van der Waals surface area (Å²) < 4.78 is 0. The summed E-state index contributed by atoms with van der Waals surface area (Å²) in [5, 5.41) is 3.84. The van der Waals surface area contributed by atoms with Gasteiger partial charge in [0, 0.05) is 37.6 Å². The summed E-state index contributed by atoms with van der Waals surface area (Å²) >= 11 is 6.14. The predicted molar refractivity (Wildman–Crippen MR) is 85.7 cm³/mol. The van der Waals surface area contributed by atoms with E-state index in [9.17, 15) is 4.79 Å². The van der Waals surface area contributed by atoms with Crippen molar-refractivity contribution in [2.24, 2.45) is 0 Å². The summed E-state index contributed by atoms with van der Waals surface area (Å²) in [6, 6.07) is 9.33. The number of hydrogen-bond donors (Lipinski definition) is 1. The number of aromatic nitrogens is 1. The third-order valence-corrected chi connectivity index (χ3v) is 3.50. The second-order valence-corrected chi connectivity index (χ2v) is 5.11. The molecule has 1 aromatic carbocycles. The number of nitrogens with one attached hydrogen (secondary N) is 1. The molecule has 0 fully saturated rings. The van der Waals surface area contributed by atoms with Crippen LogP contribution in [0.3, 0.4) is 0 Å². The summed E-state index contributed by atoms with van der Waals surface area (Å²) in [7, 11) is 1.76. The van der Waals surface area contributed by atoms with E-state index in [1.807, 2.05) is 31.2 Å². The molecule has 0 atom stereocenters. The molecule has 0 aliphatic rings. The molecule has 0 bridgehead atoms. The van der Waals surface area contributed by atoms with Crippen LogP contribution in [-0.4, -0.2) is 29.4 Å². The van der Waals surface area contributed by atoms with Gasteiger partial charge >= 0.3 is 0 Å². The number of carbonyl (C=O) groups is 1. The summed E-state index contributed by atoms with van der Waals surface area (Å²) in [4.78, 5) is 18.2. The smallest absolute Gasteiger partial charge is 0.257 e. The van der Waals surface area contributed by atoms with Crippen LogP contribution in [0.2, 0.25) is 5.02 Å². The average molecular weight is 304 g/mol. The van der Waals surface area contributed by atoms with Gasteiger partial charge in [-0.15, -0.1) is 0 Å². The zero-order chi connectivity index (χ0) is 15.2. The van der Waals surface area contributed by atoms with Crippen LogP contribution < -0.4 is 5.32 Å². The normalized spacial score (nSPS) is 10.2. The molecule has 0 aliphatic carbocycles. The highest BCUT2D eigenvalue weighted by atomic mass is 35.5. The van der Waals surface area contributed by atoms with Crippen LogP contribution in [-0.2, 0) is 6.54 Å². The van der Waals surface area contributed by atoms with Crippen LogP contribution in [0.25, 0.3) is 0 Å². The lowest BCUT2D eigenvalue weighted by Gasteiger charge is -2.19. The van der Waals surface area contributed by atoms with E-state index in [1.165, 1.54) is 0 Å². The minimum atomic E-state index is -0.0843. The first kappa shape index (κ1) is 15.3. The lowest BCUT2D eigenvalue weighted by molar-refractivity contribution is 0.0785. The number of nitrogens with zero attached hydrogens (tertiary/aromatic N) is 2. The van der Waals surface area contributed by atoms with Crippen LogP contribution in [0.15, 0.2) is 42.7 Å². The van der Waals surface area contributed by atoms with Crippen molar-refractivity contribution in [2.45, 2.75) is 13.5 Å². The highest BCUT2D eigenvalue weighted by molar-refractivity contribution is 6.31. The van der Waals surface area contributed by atoms with Crippen molar-refractivity contribution in [3.05, 3.63) is 58.9 Å². The molecular weight excluding hydrogens is 286 g/mol. The van der Waals surface area contributed by atoms with Gasteiger partial charge in [0.25, 0.3) is 5.91 Å². The van der Waals surface area contributed by atoms with Crippen molar-refractivity contribution < 1.29 is 4.79 Å². The number of benzene rings is 1. The summed E-state index contributed by atoms with van der Waals surface area (Å²) in [5.74, 6) is -0.0843. The molecule has 2 rings (SSSR count). The Morgan fingerprint density at radius 2 is 2.10 bits per heavy atom. The first-order valence-electron chi connectivity index (χ1n) is 6.80. The summed E-state index contributed by atoms with van der Waals surface area (Å²) in [5.41, 5.74) is 2.28. The number of amides is 1. The van der Waals surface area contributed by atoms with Gasteiger partial charge in [0.1, 0.15) is 0 Å². The molecule has 0 unspecified atom stereocenters. The first-order valence-corrected chi connectivity index (χ1v) is 7.18. The standard InChI is InChI=1S/C16H18ClN3O/c1-3-19-15-8-9-18-10-13(15)16(21)20(2)11-12-6-4-5-7-14(12)17/h4-10H,3,11H2,1-2H3,(H,18,19). The van der Waals surface area contributed by atoms with E-state index < -0.39 is 0 Å². The molecule has 1 amide bonds. The fourth-order valence-electron chi connectivity index (χ4n) is 2.07. The number of hydrogen-bond acceptors (Lipinski definition) is 3. The maximum atomic E-state index is 12.6. The van der Waals surface area contributed by atoms with Gasteiger partial charge in [-0.2, -0.15) is 0 Å². The Hall–Kier alpha value is -2.07. The molecule has 0 aliphatic heterocycles. The quantitative estimate of drug-likeness (QED) is 0.920. The van der Waals surface area contributed by atoms with Gasteiger partial charge in [0.05, 0.1) is 11.3 Å². The fourth-order valence-corrected chi connectivity index (χ4v) is 2.26. The largest absolute Gasteiger partial charge is 0.385 e. The van der Waals surface area contributed by atoms with E-state index in [0.717, 1.165) is 17.8 Å². The molecule has 5 heteroatoms. The monoisotopic (exact) mass is 303 g/mol. The lowest BCUT2D eigenvalue weighted by atomic mass is 10.1. The van der Waals surface area contributed by atoms with E-state index in [1.54, 1.807) is 30.4 Å². The Labute approximate surface area is 129 Å². The summed E-state index contributed by atoms with van der Waals surface area (Å²) in [6.45, 7) is 3.19. The molecule has 0 saturated carbocycles. The molecular formula is C16H18ClN3O. The molecule has 21 heavy (non-hydrogen) atoms. The topological polar surface area (TPSA) is 45.2 Å². The molecule has 2 aromatic rings. The zero-order valence-electron chi connectivity index (χ0n) is 12.1. The molecule has 1 heterocycles. The van der Waals surface area contributed by atoms with Gasteiger partial charge in [0.15, 0.2) is 0 Å². The molecule has 1 aromatic heterocycles. The van der Waals surface area contributed by atoms with E-state index in [2.05, 4.69) is 10.3 Å². The van der Waals surface area contributed by atoms with Gasteiger partial charge in [-0.05, 0) is 24.6 Å². The van der Waals surface area contributed by atoms with Gasteiger partial charge < -0.3 is 10.2 Å². The Balaban J connectivity index is 2.18. The van der Waals surface area contributed by atoms with Gasteiger partial charge in [-0.25, -0.2) is 0 Å². The number of carbonyl (C=O) groups excluding carboxylic acids is 1. The third kappa shape index (κ3) is 3.73. The minimum Gasteiger partial charge on any atom is -0.385 e. The van der Waals surface area contributed by atoms with Crippen molar-refractivity contribution in [1.29, 1.82) is 0 Å². The van der Waals surface area contributed by atoms with Gasteiger partial charge in [-0.3, -0.25) is 9.78 Å². The van der Waals surface area contributed by atoms with E-state index >= 15 is 0 Å². The molecule has 1 N–H and O–H groups in total. The number of rotatable bonds is 5. The molecule has 0 radical (unpaired) electrons. The minimum absolute atomic E-state index is 0.0843. The SMILES string of the molecule is CCNc1ccncc1C(=O)N(C)Cc1ccccc1Cl. The predicted octanol–water partition coefficient (Wildman–Crippen LogP) is 3.44. The van der Waals surface area contributed by atoms with E-state index in [-0.39, 0.29) is 5.91 Å². The Kier molecular flexibility index (Phi) is 5.17. The number of halogens is 1. The maximum Gasteiger partial charge on any atom is 0.257 e. The fraction of sp³-hybridized carbons (Fsp3) is 0.250. The zero-order valence-corrected chi connectivity index (χ0v) is 12.9. The summed E-state index contributed by atoms with van der Waals surface area (Å²) in [6.07, 6.45) is 3.26. The van der Waals surface area contributed by atoms with E-state index in [0.29, 0.717) is 17.1 Å². The second-order valence-electron chi connectivity index (χ2n) is 4.70. The van der Waals surface area contributed by atoms with Crippen molar-refractivity contribution in [3.8, 4) is 0 Å². The highest BCUT2D eigenvalue weighted by Gasteiger charge is 2.16. The van der Waals surface area contributed by atoms with Crippen molar-refractivity contribution >= 4 is 23.2 Å². The number of anilines is 1. The average Bonchev–Trinajstić information content (AvgIpc) is 2.50. The molecule has 0 spiro atoms. The van der Waals surface area contributed by atoms with Gasteiger partial charge in [0.2, 0.25) is 0 Å². The van der Waals surface area contributed by atoms with Crippen molar-refractivity contribution in [3.63, 3.8) is 0 Å². The second kappa shape index (κ2) is 7.09. The first-order chi connectivity index (χ1) is 10.1. The Morgan fingerprint density at radius 3 is 2.81 bits per heavy atom.